The predicted molar refractivity (Wildman–Crippen MR) is 35.3 cm³/mol. The summed E-state index contributed by atoms with van der Waals surface area (Å²) in [6.45, 7) is 0. The third kappa shape index (κ3) is 0.689. The Hall–Kier alpha value is -0.980. The van der Waals surface area contributed by atoms with E-state index in [-0.39, 0.29) is 0 Å². The topological polar surface area (TPSA) is 13.1 Å². The minimum absolute atomic E-state index is 1.05. The summed E-state index contributed by atoms with van der Waals surface area (Å²) in [5.74, 6) is 0. The average molecular weight is 120 g/mol. The molecule has 0 saturated carbocycles. The monoisotopic (exact) mass is 120 g/mol. The fourth-order valence-corrected chi connectivity index (χ4v) is 1.13. The maximum absolute atomic E-state index is 5.03. The van der Waals surface area contributed by atoms with Crippen LogP contribution in [0.25, 0.3) is 0 Å². The molecule has 46 valence electrons. The molecule has 0 aliphatic heterocycles. The van der Waals surface area contributed by atoms with Gasteiger partial charge in [0.05, 0.1) is 12.5 Å². The smallest absolute Gasteiger partial charge is 0.0940 e. The molecule has 1 aliphatic carbocycles. The molecule has 9 heavy (non-hydrogen) atoms. The van der Waals surface area contributed by atoms with Crippen LogP contribution in [0.5, 0.6) is 0 Å². The van der Waals surface area contributed by atoms with E-state index in [1.165, 1.54) is 11.1 Å². The normalized spacial score (nSPS) is 15.6. The van der Waals surface area contributed by atoms with Crippen LogP contribution in [0.3, 0.4) is 0 Å². The van der Waals surface area contributed by atoms with E-state index in [4.69, 9.17) is 4.42 Å². The Labute approximate surface area is 54.0 Å². The van der Waals surface area contributed by atoms with E-state index >= 15 is 0 Å². The highest BCUT2D eigenvalue weighted by molar-refractivity contribution is 5.28. The molecule has 0 bridgehead atoms. The second-order valence-electron chi connectivity index (χ2n) is 2.30. The van der Waals surface area contributed by atoms with Gasteiger partial charge in [-0.15, -0.1) is 0 Å². The molecule has 0 fully saturated rings. The Balaban J connectivity index is 2.46. The van der Waals surface area contributed by atoms with Crippen LogP contribution in [0.2, 0.25) is 0 Å². The van der Waals surface area contributed by atoms with Crippen LogP contribution >= 0.6 is 0 Å². The summed E-state index contributed by atoms with van der Waals surface area (Å²) in [4.78, 5) is 0. The zero-order chi connectivity index (χ0) is 6.10. The van der Waals surface area contributed by atoms with E-state index in [2.05, 4.69) is 12.2 Å². The van der Waals surface area contributed by atoms with Gasteiger partial charge in [-0.1, -0.05) is 12.2 Å². The molecule has 1 nitrogen and oxygen atoms in total. The first-order valence-electron chi connectivity index (χ1n) is 3.16. The number of allylic oxidation sites excluding steroid dienone is 2. The van der Waals surface area contributed by atoms with Crippen molar-refractivity contribution in [3.05, 3.63) is 35.8 Å². The van der Waals surface area contributed by atoms with Gasteiger partial charge in [-0.05, 0) is 24.0 Å². The van der Waals surface area contributed by atoms with Gasteiger partial charge in [0.1, 0.15) is 0 Å². The van der Waals surface area contributed by atoms with Gasteiger partial charge in [-0.2, -0.15) is 0 Å². The van der Waals surface area contributed by atoms with Crippen molar-refractivity contribution in [2.75, 3.05) is 0 Å². The van der Waals surface area contributed by atoms with Crippen LogP contribution < -0.4 is 0 Å². The standard InChI is InChI=1S/C8H8O/c1-2-4-8-6-9-5-7(8)3-1/h1-2,5-6H,3-4H2. The highest BCUT2D eigenvalue weighted by atomic mass is 16.3. The Morgan fingerprint density at radius 3 is 2.11 bits per heavy atom. The molecular formula is C8H8O. The number of rotatable bonds is 0. The fourth-order valence-electron chi connectivity index (χ4n) is 1.13. The molecule has 0 unspecified atom stereocenters. The summed E-state index contributed by atoms with van der Waals surface area (Å²) in [5, 5.41) is 0. The van der Waals surface area contributed by atoms with E-state index in [0.29, 0.717) is 0 Å². The molecular weight excluding hydrogens is 112 g/mol. The van der Waals surface area contributed by atoms with Crippen LogP contribution in [0.1, 0.15) is 11.1 Å². The summed E-state index contributed by atoms with van der Waals surface area (Å²) in [5.41, 5.74) is 2.69. The van der Waals surface area contributed by atoms with Gasteiger partial charge in [0.15, 0.2) is 0 Å². The van der Waals surface area contributed by atoms with Gasteiger partial charge < -0.3 is 4.42 Å². The fraction of sp³-hybridized carbons (Fsp3) is 0.250. The minimum Gasteiger partial charge on any atom is -0.472 e. The summed E-state index contributed by atoms with van der Waals surface area (Å²) >= 11 is 0. The zero-order valence-corrected chi connectivity index (χ0v) is 5.13. The molecule has 1 aromatic heterocycles. The van der Waals surface area contributed by atoms with Gasteiger partial charge in [-0.3, -0.25) is 0 Å². The average Bonchev–Trinajstić information content (AvgIpc) is 2.33. The van der Waals surface area contributed by atoms with Crippen molar-refractivity contribution in [2.24, 2.45) is 0 Å². The summed E-state index contributed by atoms with van der Waals surface area (Å²) in [6, 6.07) is 0. The lowest BCUT2D eigenvalue weighted by Crippen LogP contribution is -1.90. The third-order valence-corrected chi connectivity index (χ3v) is 1.68. The lowest BCUT2D eigenvalue weighted by Gasteiger charge is -2.00. The van der Waals surface area contributed by atoms with Gasteiger partial charge in [-0.25, -0.2) is 0 Å². The Morgan fingerprint density at radius 2 is 1.56 bits per heavy atom. The second-order valence-corrected chi connectivity index (χ2v) is 2.30. The molecule has 1 aliphatic rings. The molecule has 1 aromatic rings. The van der Waals surface area contributed by atoms with Crippen LogP contribution in [0, 0.1) is 0 Å². The van der Waals surface area contributed by atoms with Crippen molar-refractivity contribution in [3.63, 3.8) is 0 Å². The van der Waals surface area contributed by atoms with Gasteiger partial charge in [0.25, 0.3) is 0 Å². The van der Waals surface area contributed by atoms with E-state index < -0.39 is 0 Å². The van der Waals surface area contributed by atoms with Crippen LogP contribution in [0.4, 0.5) is 0 Å². The SMILES string of the molecule is C1=CCc2cocc2C1. The molecule has 2 rings (SSSR count). The number of furan rings is 1. The molecule has 0 atom stereocenters. The zero-order valence-electron chi connectivity index (χ0n) is 5.13. The number of hydrogen-bond acceptors (Lipinski definition) is 1. The van der Waals surface area contributed by atoms with Crippen molar-refractivity contribution >= 4 is 0 Å². The maximum atomic E-state index is 5.03. The van der Waals surface area contributed by atoms with Gasteiger partial charge in [0.2, 0.25) is 0 Å². The van der Waals surface area contributed by atoms with Crippen LogP contribution in [0.15, 0.2) is 29.1 Å². The highest BCUT2D eigenvalue weighted by Crippen LogP contribution is 2.16. The van der Waals surface area contributed by atoms with Crippen molar-refractivity contribution in [3.8, 4) is 0 Å². The number of fused-ring (bicyclic) bond motifs is 1. The molecule has 0 saturated heterocycles. The molecule has 1 heterocycles. The predicted octanol–water partition coefficient (Wildman–Crippen LogP) is 1.93. The minimum atomic E-state index is 1.05. The molecule has 0 amide bonds. The van der Waals surface area contributed by atoms with Gasteiger partial charge in [0, 0.05) is 0 Å². The summed E-state index contributed by atoms with van der Waals surface area (Å²) < 4.78 is 5.03. The first-order chi connectivity index (χ1) is 4.47. The lowest BCUT2D eigenvalue weighted by atomic mass is 10.0. The maximum Gasteiger partial charge on any atom is 0.0940 e. The van der Waals surface area contributed by atoms with Crippen molar-refractivity contribution in [1.29, 1.82) is 0 Å². The molecule has 0 aromatic carbocycles. The van der Waals surface area contributed by atoms with E-state index in [9.17, 15) is 0 Å². The van der Waals surface area contributed by atoms with Crippen molar-refractivity contribution in [1.82, 2.24) is 0 Å². The van der Waals surface area contributed by atoms with E-state index in [0.717, 1.165) is 12.8 Å². The van der Waals surface area contributed by atoms with Gasteiger partial charge >= 0.3 is 0 Å². The van der Waals surface area contributed by atoms with Crippen LogP contribution in [-0.4, -0.2) is 0 Å². The Kier molecular flexibility index (Phi) is 0.950. The van der Waals surface area contributed by atoms with E-state index in [1.54, 1.807) is 0 Å². The Morgan fingerprint density at radius 1 is 1.00 bits per heavy atom. The summed E-state index contributed by atoms with van der Waals surface area (Å²) in [7, 11) is 0. The van der Waals surface area contributed by atoms with Crippen molar-refractivity contribution < 1.29 is 4.42 Å². The van der Waals surface area contributed by atoms with E-state index in [1.807, 2.05) is 12.5 Å². The van der Waals surface area contributed by atoms with Crippen molar-refractivity contribution in [2.45, 2.75) is 12.8 Å². The molecule has 0 spiro atoms. The second kappa shape index (κ2) is 1.76. The molecule has 0 N–H and O–H groups in total. The first-order valence-corrected chi connectivity index (χ1v) is 3.16. The van der Waals surface area contributed by atoms with Crippen LogP contribution in [-0.2, 0) is 12.8 Å². The Bertz CT molecular complexity index is 210. The third-order valence-electron chi connectivity index (χ3n) is 1.68. The highest BCUT2D eigenvalue weighted by Gasteiger charge is 2.04. The quantitative estimate of drug-likeness (QED) is 0.477. The number of hydrogen-bond donors (Lipinski definition) is 0. The summed E-state index contributed by atoms with van der Waals surface area (Å²) in [6.07, 6.45) is 10.1. The molecule has 1 heteroatoms. The lowest BCUT2D eigenvalue weighted by molar-refractivity contribution is 0.563. The largest absolute Gasteiger partial charge is 0.472 e. The molecule has 0 radical (unpaired) electrons. The first kappa shape index (κ1) is 4.86.